The average Bonchev–Trinajstić information content (AvgIpc) is 2.88. The van der Waals surface area contributed by atoms with Gasteiger partial charge < -0.3 is 15.1 Å². The first kappa shape index (κ1) is 22.4. The molecule has 173 valence electrons. The number of benzene rings is 1. The van der Waals surface area contributed by atoms with Crippen molar-refractivity contribution >= 4 is 26.4 Å². The zero-order chi connectivity index (χ0) is 23.5. The van der Waals surface area contributed by atoms with Crippen LogP contribution in [0.15, 0.2) is 66.6 Å². The maximum Gasteiger partial charge on any atom is 0.223 e. The minimum Gasteiger partial charge on any atom is -0.349 e. The molecule has 0 saturated carbocycles. The lowest BCUT2D eigenvalue weighted by molar-refractivity contribution is 0.228. The summed E-state index contributed by atoms with van der Waals surface area (Å²) in [6, 6.07) is 17.3. The second-order valence-corrected chi connectivity index (χ2v) is 11.6. The maximum absolute atomic E-state index is 13.9. The van der Waals surface area contributed by atoms with Crippen LogP contribution >= 0.6 is 0 Å². The lowest BCUT2D eigenvalue weighted by atomic mass is 10.1. The Morgan fingerprint density at radius 2 is 1.97 bits per heavy atom. The second kappa shape index (κ2) is 9.86. The number of aromatic nitrogens is 3. The molecule has 1 fully saturated rings. The van der Waals surface area contributed by atoms with E-state index in [0.29, 0.717) is 19.0 Å². The summed E-state index contributed by atoms with van der Waals surface area (Å²) in [5, 5.41) is 3.26. The van der Waals surface area contributed by atoms with Gasteiger partial charge >= 0.3 is 0 Å². The predicted molar refractivity (Wildman–Crippen MR) is 135 cm³/mol. The molecule has 3 aromatic rings. The lowest BCUT2D eigenvalue weighted by Crippen LogP contribution is -2.51. The van der Waals surface area contributed by atoms with Crippen LogP contribution in [0.2, 0.25) is 6.04 Å². The number of amides is 1. The van der Waals surface area contributed by atoms with E-state index < -0.39 is 8.80 Å². The molecule has 1 saturated heterocycles. The van der Waals surface area contributed by atoms with Gasteiger partial charge in [-0.25, -0.2) is 9.97 Å². The highest BCUT2D eigenvalue weighted by atomic mass is 28.3. The van der Waals surface area contributed by atoms with Crippen LogP contribution in [0.3, 0.4) is 0 Å². The first-order valence-corrected chi connectivity index (χ1v) is 13.5. The van der Waals surface area contributed by atoms with Crippen molar-refractivity contribution in [3.63, 3.8) is 0 Å². The molecule has 1 N–H and O–H groups in total. The van der Waals surface area contributed by atoms with Crippen molar-refractivity contribution in [3.05, 3.63) is 89.1 Å². The number of hydrogen-bond donors (Lipinski definition) is 1. The summed E-state index contributed by atoms with van der Waals surface area (Å²) in [5.74, 6) is 0.556. The molecule has 5 rings (SSSR count). The summed E-state index contributed by atoms with van der Waals surface area (Å²) < 4.78 is 0. The zero-order valence-electron chi connectivity index (χ0n) is 19.6. The third-order valence-corrected chi connectivity index (χ3v) is 9.49. The second-order valence-electron chi connectivity index (χ2n) is 8.95. The van der Waals surface area contributed by atoms with E-state index >= 15 is 0 Å². The molecule has 2 aliphatic heterocycles. The molecule has 0 unspecified atom stereocenters. The predicted octanol–water partition coefficient (Wildman–Crippen LogP) is 4.13. The van der Waals surface area contributed by atoms with Crippen LogP contribution in [0.4, 0.5) is 10.7 Å². The molecular weight excluding hydrogens is 440 g/mol. The van der Waals surface area contributed by atoms with Gasteiger partial charge in [-0.05, 0) is 55.9 Å². The van der Waals surface area contributed by atoms with E-state index in [1.807, 2.05) is 48.4 Å². The number of rotatable bonds is 5. The summed E-state index contributed by atoms with van der Waals surface area (Å²) >= 11 is 0. The van der Waals surface area contributed by atoms with Gasteiger partial charge in [-0.15, -0.1) is 0 Å². The van der Waals surface area contributed by atoms with Crippen molar-refractivity contribution in [3.8, 4) is 0 Å². The molecule has 7 nitrogen and oxygen atoms in total. The topological polar surface area (TPSA) is 74.2 Å². The van der Waals surface area contributed by atoms with Crippen LogP contribution in [-0.4, -0.2) is 59.2 Å². The fourth-order valence-corrected chi connectivity index (χ4v) is 7.87. The molecule has 4 heterocycles. The first-order valence-electron chi connectivity index (χ1n) is 11.7. The van der Waals surface area contributed by atoms with E-state index in [-0.39, 0.29) is 11.1 Å². The fraction of sp³-hybridized carbons (Fsp3) is 0.308. The van der Waals surface area contributed by atoms with Crippen LogP contribution in [0.25, 0.3) is 6.08 Å². The smallest absolute Gasteiger partial charge is 0.223 e. The van der Waals surface area contributed by atoms with Crippen LogP contribution in [0, 0.1) is 0 Å². The van der Waals surface area contributed by atoms with Crippen molar-refractivity contribution in [2.75, 3.05) is 25.5 Å². The van der Waals surface area contributed by atoms with Gasteiger partial charge in [-0.3, -0.25) is 9.78 Å². The van der Waals surface area contributed by atoms with Crippen molar-refractivity contribution in [1.29, 1.82) is 0 Å². The quantitative estimate of drug-likeness (QED) is 0.567. The summed E-state index contributed by atoms with van der Waals surface area (Å²) in [7, 11) is 0.850. The normalized spacial score (nSPS) is 18.8. The van der Waals surface area contributed by atoms with Gasteiger partial charge in [0.2, 0.25) is 5.95 Å². The number of anilines is 1. The summed E-state index contributed by atoms with van der Waals surface area (Å²) in [4.78, 5) is 31.7. The number of carbonyl (C=O) groups is 1. The van der Waals surface area contributed by atoms with Crippen LogP contribution in [0.1, 0.15) is 35.0 Å². The van der Waals surface area contributed by atoms with E-state index in [9.17, 15) is 4.79 Å². The highest BCUT2D eigenvalue weighted by molar-refractivity contribution is 6.91. The SMILES string of the molecule is CC1=Cc2cnc(NCc3ccccn3)nc2CN1C(=O)[Si]1CCN(C)C[C@@H]1c1ccccc1. The monoisotopic (exact) mass is 469 g/mol. The van der Waals surface area contributed by atoms with Gasteiger partial charge in [-0.2, -0.15) is 0 Å². The van der Waals surface area contributed by atoms with Gasteiger partial charge in [0.15, 0.2) is 14.3 Å². The highest BCUT2D eigenvalue weighted by Gasteiger charge is 2.39. The average molecular weight is 470 g/mol. The molecule has 1 amide bonds. The zero-order valence-corrected chi connectivity index (χ0v) is 20.6. The largest absolute Gasteiger partial charge is 0.349 e. The third kappa shape index (κ3) is 4.78. The Morgan fingerprint density at radius 1 is 1.15 bits per heavy atom. The number of fused-ring (bicyclic) bond motifs is 1. The Morgan fingerprint density at radius 3 is 2.76 bits per heavy atom. The van der Waals surface area contributed by atoms with Gasteiger partial charge in [0, 0.05) is 30.2 Å². The molecule has 0 aliphatic carbocycles. The molecular formula is C26H29N6OSi. The standard InChI is InChI=1S/C26H29N6OSi/c1-19-14-21-15-28-25(29-16-22-10-6-7-11-27-22)30-23(21)17-32(19)26(33)34-13-12-31(2)18-24(34)20-8-4-3-5-9-20/h3-11,14-15,24H,12-13,16-18H2,1-2H3,(H,28,29,30)/t24-/m1/s1. The Kier molecular flexibility index (Phi) is 6.51. The first-order chi connectivity index (χ1) is 16.6. The number of allylic oxidation sites excluding steroid dienone is 1. The van der Waals surface area contributed by atoms with Gasteiger partial charge in [0.05, 0.1) is 24.5 Å². The molecule has 2 aromatic heterocycles. The molecule has 1 atom stereocenters. The van der Waals surface area contributed by atoms with Crippen LogP contribution < -0.4 is 5.32 Å². The number of nitrogens with one attached hydrogen (secondary N) is 1. The van der Waals surface area contributed by atoms with Crippen molar-refractivity contribution in [2.45, 2.75) is 31.6 Å². The van der Waals surface area contributed by atoms with E-state index in [2.05, 4.69) is 51.5 Å². The number of pyridine rings is 1. The fourth-order valence-electron chi connectivity index (χ4n) is 4.66. The molecule has 0 spiro atoms. The van der Waals surface area contributed by atoms with Crippen LogP contribution in [-0.2, 0) is 13.1 Å². The molecule has 1 radical (unpaired) electrons. The molecule has 2 aliphatic rings. The summed E-state index contributed by atoms with van der Waals surface area (Å²) in [6.07, 6.45) is 5.65. The minimum atomic E-state index is -1.30. The van der Waals surface area contributed by atoms with E-state index in [1.54, 1.807) is 6.20 Å². The van der Waals surface area contributed by atoms with Crippen molar-refractivity contribution < 1.29 is 4.79 Å². The Hall–Kier alpha value is -3.36. The van der Waals surface area contributed by atoms with Gasteiger partial charge in [-0.1, -0.05) is 36.4 Å². The van der Waals surface area contributed by atoms with Crippen molar-refractivity contribution in [1.82, 2.24) is 24.8 Å². The lowest BCUT2D eigenvalue weighted by Gasteiger charge is -2.38. The highest BCUT2D eigenvalue weighted by Crippen LogP contribution is 2.31. The van der Waals surface area contributed by atoms with Gasteiger partial charge in [0.25, 0.3) is 0 Å². The van der Waals surface area contributed by atoms with E-state index in [1.165, 1.54) is 5.56 Å². The molecule has 34 heavy (non-hydrogen) atoms. The number of likely N-dealkylation sites (N-methyl/N-ethyl adjacent to an activating group) is 1. The molecule has 0 bridgehead atoms. The number of hydrogen-bond acceptors (Lipinski definition) is 6. The molecule has 8 heteroatoms. The van der Waals surface area contributed by atoms with Crippen molar-refractivity contribution in [2.24, 2.45) is 0 Å². The van der Waals surface area contributed by atoms with E-state index in [0.717, 1.165) is 41.8 Å². The van der Waals surface area contributed by atoms with Gasteiger partial charge in [0.1, 0.15) is 0 Å². The number of nitrogens with zero attached hydrogens (tertiary/aromatic N) is 5. The number of carbonyl (C=O) groups excluding carboxylic acids is 1. The minimum absolute atomic E-state index is 0.285. The molecule has 1 aromatic carbocycles. The summed E-state index contributed by atoms with van der Waals surface area (Å²) in [6.45, 7) is 4.96. The Bertz CT molecular complexity index is 1190. The Labute approximate surface area is 202 Å². The third-order valence-electron chi connectivity index (χ3n) is 6.55. The van der Waals surface area contributed by atoms with Crippen LogP contribution in [0.5, 0.6) is 0 Å². The maximum atomic E-state index is 13.9. The Balaban J connectivity index is 1.35. The summed E-state index contributed by atoms with van der Waals surface area (Å²) in [5.41, 5.74) is 5.60. The van der Waals surface area contributed by atoms with E-state index in [4.69, 9.17) is 4.98 Å².